The van der Waals surface area contributed by atoms with Gasteiger partial charge in [0.05, 0.1) is 18.3 Å². The van der Waals surface area contributed by atoms with Crippen LogP contribution in [-0.4, -0.2) is 93.8 Å². The van der Waals surface area contributed by atoms with E-state index in [4.69, 9.17) is 19.3 Å². The van der Waals surface area contributed by atoms with E-state index in [1.807, 2.05) is 19.9 Å². The molecule has 8 atom stereocenters. The molecule has 16 nitrogen and oxygen atoms in total. The highest BCUT2D eigenvalue weighted by Gasteiger charge is 2.46. The second-order valence-corrected chi connectivity index (χ2v) is 11.1. The maximum atomic E-state index is 12.6. The molecule has 0 bridgehead atoms. The summed E-state index contributed by atoms with van der Waals surface area (Å²) in [5, 5.41) is 28.8. The predicted octanol–water partition coefficient (Wildman–Crippen LogP) is 0.348. The Balaban J connectivity index is 0.000000188. The summed E-state index contributed by atoms with van der Waals surface area (Å²) in [4.78, 5) is 44.2. The first-order valence-corrected chi connectivity index (χ1v) is 15.4. The first kappa shape index (κ1) is 34.6. The highest BCUT2D eigenvalue weighted by Crippen LogP contribution is 2.37. The van der Waals surface area contributed by atoms with Crippen LogP contribution in [0, 0.1) is 5.92 Å². The molecule has 2 fully saturated rings. The SMILES string of the molecule is CC[C@H]1O[C@@H](n2ccc(=O)c3nccn32)[C@H](OC(=O)c2ccccc2)[C@@H]1C.CN.O=c1ccn([C@@H]2O[C@H](CO)[C@@H](O)[C@H]2O)n2ccnc12. The molecule has 0 aliphatic carbocycles. The van der Waals surface area contributed by atoms with Crippen molar-refractivity contribution in [2.75, 3.05) is 13.7 Å². The lowest BCUT2D eigenvalue weighted by Gasteiger charge is -2.24. The highest BCUT2D eigenvalue weighted by molar-refractivity contribution is 5.89. The highest BCUT2D eigenvalue weighted by atomic mass is 16.6. The molecule has 0 saturated carbocycles. The van der Waals surface area contributed by atoms with Crippen molar-refractivity contribution >= 4 is 17.3 Å². The number of rotatable bonds is 6. The minimum absolute atomic E-state index is 0.00524. The molecule has 0 amide bonds. The molecule has 2 aliphatic rings. The predicted molar refractivity (Wildman–Crippen MR) is 171 cm³/mol. The smallest absolute Gasteiger partial charge is 0.338 e. The summed E-state index contributed by atoms with van der Waals surface area (Å²) in [5.74, 6) is -0.383. The van der Waals surface area contributed by atoms with Gasteiger partial charge in [-0.15, -0.1) is 0 Å². The second-order valence-electron chi connectivity index (χ2n) is 11.1. The standard InChI is InChI=1S/C20H21N3O4.C11H13N3O5.CH5N/c1-3-16-13(2)17(27-20(25)14-7-5-4-6-8-14)19(26-16)23-11-9-15(24)18-21-10-12-22(18)23;15-5-7-8(17)9(18)11(19-7)14-3-1-6(16)10-12-2-4-13(10)14;1-2/h4-13,16-17,19H,3H2,1-2H3;1-4,7-9,11,15,17-18H,5H2;2H2,1H3/t13-,16-,17-,19-;7-,8-,9-,11-;/m11./s1. The zero-order valence-corrected chi connectivity index (χ0v) is 26.6. The Morgan fingerprint density at radius 2 is 1.38 bits per heavy atom. The number of carbonyl (C=O) groups excluding carboxylic acids is 1. The van der Waals surface area contributed by atoms with Gasteiger partial charge >= 0.3 is 5.97 Å². The molecule has 4 aromatic heterocycles. The molecule has 7 rings (SSSR count). The topological polar surface area (TPSA) is 210 Å². The van der Waals surface area contributed by atoms with Crippen LogP contribution in [-0.2, 0) is 14.2 Å². The minimum Gasteiger partial charge on any atom is -0.454 e. The van der Waals surface area contributed by atoms with Crippen molar-refractivity contribution in [2.45, 2.75) is 63.2 Å². The maximum absolute atomic E-state index is 12.6. The van der Waals surface area contributed by atoms with Gasteiger partial charge in [-0.05, 0) is 25.6 Å². The molecule has 16 heteroatoms. The van der Waals surface area contributed by atoms with Crippen molar-refractivity contribution in [1.29, 1.82) is 0 Å². The second kappa shape index (κ2) is 15.0. The van der Waals surface area contributed by atoms with E-state index in [0.717, 1.165) is 6.42 Å². The summed E-state index contributed by atoms with van der Waals surface area (Å²) in [6.07, 6.45) is 4.90. The lowest BCUT2D eigenvalue weighted by atomic mass is 9.98. The van der Waals surface area contributed by atoms with Gasteiger partial charge in [-0.2, -0.15) is 0 Å². The molecule has 2 aliphatic heterocycles. The number of aromatic nitrogens is 6. The Bertz CT molecular complexity index is 1940. The van der Waals surface area contributed by atoms with Crippen molar-refractivity contribution in [2.24, 2.45) is 11.7 Å². The lowest BCUT2D eigenvalue weighted by Crippen LogP contribution is -2.34. The zero-order chi connectivity index (χ0) is 34.5. The van der Waals surface area contributed by atoms with Gasteiger partial charge in [0.25, 0.3) is 0 Å². The normalized spacial score (nSPS) is 26.5. The van der Waals surface area contributed by atoms with Gasteiger partial charge in [0.1, 0.15) is 18.3 Å². The molecule has 2 saturated heterocycles. The summed E-state index contributed by atoms with van der Waals surface area (Å²) in [6, 6.07) is 11.7. The number of aliphatic hydroxyl groups is 3. The van der Waals surface area contributed by atoms with E-state index >= 15 is 0 Å². The fourth-order valence-electron chi connectivity index (χ4n) is 5.88. The number of hydrogen-bond donors (Lipinski definition) is 4. The number of carbonyl (C=O) groups is 1. The zero-order valence-electron chi connectivity index (χ0n) is 26.6. The lowest BCUT2D eigenvalue weighted by molar-refractivity contribution is -0.0610. The van der Waals surface area contributed by atoms with Gasteiger partial charge in [-0.3, -0.25) is 19.0 Å². The van der Waals surface area contributed by atoms with Crippen LogP contribution in [0.15, 0.2) is 89.2 Å². The number of nitrogens with two attached hydrogens (primary N) is 1. The minimum atomic E-state index is -1.20. The Hall–Kier alpha value is -4.71. The fourth-order valence-corrected chi connectivity index (χ4v) is 5.88. The average molecular weight is 666 g/mol. The van der Waals surface area contributed by atoms with Crippen LogP contribution in [0.4, 0.5) is 0 Å². The summed E-state index contributed by atoms with van der Waals surface area (Å²) in [5.41, 5.74) is 5.07. The van der Waals surface area contributed by atoms with Crippen molar-refractivity contribution in [3.05, 3.63) is 106 Å². The molecular formula is C32H39N7O9. The van der Waals surface area contributed by atoms with E-state index in [1.54, 1.807) is 58.3 Å². The van der Waals surface area contributed by atoms with Crippen molar-refractivity contribution in [1.82, 2.24) is 28.4 Å². The Labute approximate surface area is 274 Å². The Kier molecular flexibility index (Phi) is 10.8. The number of ether oxygens (including phenoxy) is 3. The first-order valence-electron chi connectivity index (χ1n) is 15.4. The molecule has 0 spiro atoms. The van der Waals surface area contributed by atoms with Crippen molar-refractivity contribution < 1.29 is 34.3 Å². The maximum Gasteiger partial charge on any atom is 0.338 e. The molecule has 5 N–H and O–H groups in total. The number of nitrogens with zero attached hydrogens (tertiary/aromatic N) is 6. The van der Waals surface area contributed by atoms with Gasteiger partial charge in [0, 0.05) is 55.2 Å². The number of hydrogen-bond acceptors (Lipinski definition) is 12. The monoisotopic (exact) mass is 665 g/mol. The molecule has 1 aromatic carbocycles. The van der Waals surface area contributed by atoms with Crippen LogP contribution in [0.5, 0.6) is 0 Å². The Morgan fingerprint density at radius 3 is 1.90 bits per heavy atom. The van der Waals surface area contributed by atoms with Crippen LogP contribution in [0.2, 0.25) is 0 Å². The molecule has 0 radical (unpaired) electrons. The van der Waals surface area contributed by atoms with Crippen LogP contribution < -0.4 is 16.6 Å². The van der Waals surface area contributed by atoms with Crippen LogP contribution >= 0.6 is 0 Å². The van der Waals surface area contributed by atoms with E-state index < -0.39 is 43.5 Å². The molecule has 6 heterocycles. The summed E-state index contributed by atoms with van der Waals surface area (Å²) >= 11 is 0. The summed E-state index contributed by atoms with van der Waals surface area (Å²) in [7, 11) is 1.50. The van der Waals surface area contributed by atoms with Crippen LogP contribution in [0.3, 0.4) is 0 Å². The fraction of sp³-hybridized carbons (Fsp3) is 0.406. The summed E-state index contributed by atoms with van der Waals surface area (Å²) in [6.45, 7) is 3.66. The van der Waals surface area contributed by atoms with Crippen LogP contribution in [0.25, 0.3) is 11.3 Å². The third-order valence-electron chi connectivity index (χ3n) is 8.33. The molecule has 48 heavy (non-hydrogen) atoms. The van der Waals surface area contributed by atoms with Crippen LogP contribution in [0.1, 0.15) is 43.1 Å². The van der Waals surface area contributed by atoms with Crippen molar-refractivity contribution in [3.8, 4) is 0 Å². The molecule has 256 valence electrons. The van der Waals surface area contributed by atoms with E-state index in [2.05, 4.69) is 15.7 Å². The number of imidazole rings is 2. The van der Waals surface area contributed by atoms with Gasteiger partial charge < -0.3 is 35.3 Å². The quantitative estimate of drug-likeness (QED) is 0.181. The third kappa shape index (κ3) is 6.53. The van der Waals surface area contributed by atoms with E-state index in [-0.39, 0.29) is 34.5 Å². The average Bonchev–Trinajstić information content (AvgIpc) is 3.92. The van der Waals surface area contributed by atoms with E-state index in [9.17, 15) is 24.6 Å². The molecule has 5 aromatic rings. The number of benzene rings is 1. The Morgan fingerprint density at radius 1 is 0.833 bits per heavy atom. The van der Waals surface area contributed by atoms with Crippen molar-refractivity contribution in [3.63, 3.8) is 0 Å². The van der Waals surface area contributed by atoms with Gasteiger partial charge in [-0.25, -0.2) is 23.8 Å². The summed E-state index contributed by atoms with van der Waals surface area (Å²) < 4.78 is 23.8. The largest absolute Gasteiger partial charge is 0.454 e. The van der Waals surface area contributed by atoms with E-state index in [1.165, 1.54) is 40.8 Å². The number of aliphatic hydroxyl groups excluding tert-OH is 3. The van der Waals surface area contributed by atoms with Gasteiger partial charge in [-0.1, -0.05) is 32.0 Å². The number of fused-ring (bicyclic) bond motifs is 2. The van der Waals surface area contributed by atoms with Gasteiger partial charge in [0.15, 0.2) is 29.9 Å². The third-order valence-corrected chi connectivity index (χ3v) is 8.33. The number of esters is 1. The molecular weight excluding hydrogens is 626 g/mol. The first-order chi connectivity index (χ1) is 23.2. The van der Waals surface area contributed by atoms with Gasteiger partial charge in [0.2, 0.25) is 10.9 Å². The molecule has 0 unspecified atom stereocenters. The van der Waals surface area contributed by atoms with E-state index in [0.29, 0.717) is 11.2 Å².